The fourth-order valence-electron chi connectivity index (χ4n) is 4.96. The van der Waals surface area contributed by atoms with E-state index < -0.39 is 17.6 Å². The minimum absolute atomic E-state index is 0.102. The SMILES string of the molecule is CCN1CCN(Cc2ccc(C(=O)Nc3ccc(C)c(NC(=O)c4cnn5ccccc45)c3)cc2C(F)(F)F)CC1. The standard InChI is InChI=1S/C30H31F3N6O2/c1-3-37-12-14-38(15-13-37)19-22-9-8-21(16-25(22)30(31,32)33)28(40)35-23-10-7-20(2)26(17-23)36-29(41)24-18-34-39-11-5-4-6-27(24)39/h4-11,16-18H,3,12-15,19H2,1-2H3,(H,35,40)(H,36,41). The van der Waals surface area contributed by atoms with Crippen LogP contribution in [0.4, 0.5) is 24.5 Å². The van der Waals surface area contributed by atoms with Gasteiger partial charge in [-0.15, -0.1) is 0 Å². The Labute approximate surface area is 235 Å². The number of alkyl halides is 3. The second-order valence-electron chi connectivity index (χ2n) is 10.1. The number of nitrogens with zero attached hydrogens (tertiary/aromatic N) is 4. The average molecular weight is 565 g/mol. The summed E-state index contributed by atoms with van der Waals surface area (Å²) in [4.78, 5) is 30.3. The molecule has 3 heterocycles. The van der Waals surface area contributed by atoms with E-state index in [1.165, 1.54) is 18.3 Å². The number of aryl methyl sites for hydroxylation is 1. The maximum atomic E-state index is 14.0. The number of anilines is 2. The molecule has 2 N–H and O–H groups in total. The first kappa shape index (κ1) is 28.3. The Hall–Kier alpha value is -4.22. The number of pyridine rings is 1. The first-order valence-corrected chi connectivity index (χ1v) is 13.4. The summed E-state index contributed by atoms with van der Waals surface area (Å²) in [6.45, 7) is 7.97. The number of aromatic nitrogens is 2. The third-order valence-corrected chi connectivity index (χ3v) is 7.40. The van der Waals surface area contributed by atoms with Gasteiger partial charge in [0.1, 0.15) is 0 Å². The minimum Gasteiger partial charge on any atom is -0.322 e. The van der Waals surface area contributed by atoms with Crippen LogP contribution in [0, 0.1) is 6.92 Å². The fraction of sp³-hybridized carbons (Fsp3) is 0.300. The number of carbonyl (C=O) groups is 2. The van der Waals surface area contributed by atoms with Crippen LogP contribution in [0.15, 0.2) is 67.0 Å². The van der Waals surface area contributed by atoms with Gasteiger partial charge in [-0.05, 0) is 61.0 Å². The summed E-state index contributed by atoms with van der Waals surface area (Å²) in [6, 6.07) is 14.0. The highest BCUT2D eigenvalue weighted by molar-refractivity contribution is 6.09. The highest BCUT2D eigenvalue weighted by Crippen LogP contribution is 2.34. The van der Waals surface area contributed by atoms with Gasteiger partial charge in [0.25, 0.3) is 11.8 Å². The lowest BCUT2D eigenvalue weighted by Crippen LogP contribution is -2.45. The van der Waals surface area contributed by atoms with Crippen molar-refractivity contribution < 1.29 is 22.8 Å². The van der Waals surface area contributed by atoms with Gasteiger partial charge in [-0.25, -0.2) is 4.52 Å². The highest BCUT2D eigenvalue weighted by atomic mass is 19.4. The third-order valence-electron chi connectivity index (χ3n) is 7.40. The number of halogens is 3. The Morgan fingerprint density at radius 1 is 0.927 bits per heavy atom. The Balaban J connectivity index is 1.31. The number of amides is 2. The van der Waals surface area contributed by atoms with Crippen molar-refractivity contribution in [3.05, 3.63) is 94.8 Å². The van der Waals surface area contributed by atoms with E-state index in [0.29, 0.717) is 35.5 Å². The molecule has 1 fully saturated rings. The van der Waals surface area contributed by atoms with E-state index in [4.69, 9.17) is 0 Å². The number of fused-ring (bicyclic) bond motifs is 1. The quantitative estimate of drug-likeness (QED) is 0.318. The second-order valence-corrected chi connectivity index (χ2v) is 10.1. The van der Waals surface area contributed by atoms with Gasteiger partial charge < -0.3 is 15.5 Å². The first-order chi connectivity index (χ1) is 19.6. The van der Waals surface area contributed by atoms with Crippen molar-refractivity contribution in [1.29, 1.82) is 0 Å². The zero-order chi connectivity index (χ0) is 29.1. The lowest BCUT2D eigenvalue weighted by atomic mass is 10.0. The molecule has 0 radical (unpaired) electrons. The van der Waals surface area contributed by atoms with Crippen LogP contribution >= 0.6 is 0 Å². The van der Waals surface area contributed by atoms with Crippen molar-refractivity contribution in [2.24, 2.45) is 0 Å². The molecule has 11 heteroatoms. The number of hydrogen-bond acceptors (Lipinski definition) is 5. The van der Waals surface area contributed by atoms with E-state index in [0.717, 1.165) is 31.3 Å². The maximum absolute atomic E-state index is 14.0. The Morgan fingerprint density at radius 3 is 2.41 bits per heavy atom. The van der Waals surface area contributed by atoms with Crippen LogP contribution in [0.2, 0.25) is 0 Å². The molecule has 0 aliphatic carbocycles. The molecule has 0 unspecified atom stereocenters. The van der Waals surface area contributed by atoms with E-state index in [1.807, 2.05) is 4.90 Å². The van der Waals surface area contributed by atoms with Crippen LogP contribution in [-0.4, -0.2) is 64.0 Å². The molecule has 5 rings (SSSR count). The summed E-state index contributed by atoms with van der Waals surface area (Å²) in [5, 5.41) is 9.68. The van der Waals surface area contributed by atoms with Gasteiger partial charge in [0.2, 0.25) is 0 Å². The molecule has 0 spiro atoms. The molecule has 41 heavy (non-hydrogen) atoms. The first-order valence-electron chi connectivity index (χ1n) is 13.4. The number of likely N-dealkylation sites (N-methyl/N-ethyl adjacent to an activating group) is 1. The van der Waals surface area contributed by atoms with Crippen molar-refractivity contribution in [3.8, 4) is 0 Å². The van der Waals surface area contributed by atoms with E-state index >= 15 is 0 Å². The van der Waals surface area contributed by atoms with Crippen LogP contribution in [0.3, 0.4) is 0 Å². The summed E-state index contributed by atoms with van der Waals surface area (Å²) in [6.07, 6.45) is -1.40. The summed E-state index contributed by atoms with van der Waals surface area (Å²) >= 11 is 0. The molecule has 0 bridgehead atoms. The second kappa shape index (κ2) is 11.7. The predicted molar refractivity (Wildman–Crippen MR) is 151 cm³/mol. The Kier molecular flexibility index (Phi) is 8.09. The van der Waals surface area contributed by atoms with Gasteiger partial charge in [0, 0.05) is 55.9 Å². The number of benzene rings is 2. The molecular formula is C30H31F3N6O2. The Bertz CT molecular complexity index is 1570. The zero-order valence-corrected chi connectivity index (χ0v) is 22.8. The van der Waals surface area contributed by atoms with Crippen molar-refractivity contribution in [3.63, 3.8) is 0 Å². The number of piperazine rings is 1. The van der Waals surface area contributed by atoms with E-state index in [2.05, 4.69) is 27.6 Å². The number of rotatable bonds is 7. The highest BCUT2D eigenvalue weighted by Gasteiger charge is 2.34. The summed E-state index contributed by atoms with van der Waals surface area (Å²) in [5.41, 5.74) is 1.79. The van der Waals surface area contributed by atoms with Gasteiger partial charge in [0.05, 0.1) is 22.8 Å². The molecule has 1 aliphatic heterocycles. The topological polar surface area (TPSA) is 82.0 Å². The van der Waals surface area contributed by atoms with Crippen LogP contribution in [0.25, 0.3) is 5.52 Å². The molecule has 0 saturated carbocycles. The minimum atomic E-state index is -4.60. The molecule has 8 nitrogen and oxygen atoms in total. The number of hydrogen-bond donors (Lipinski definition) is 2. The van der Waals surface area contributed by atoms with Crippen molar-refractivity contribution in [2.45, 2.75) is 26.6 Å². The van der Waals surface area contributed by atoms with Gasteiger partial charge in [-0.1, -0.05) is 25.1 Å². The number of carbonyl (C=O) groups excluding carboxylic acids is 2. The molecule has 214 valence electrons. The van der Waals surface area contributed by atoms with E-state index in [9.17, 15) is 22.8 Å². The monoisotopic (exact) mass is 564 g/mol. The summed E-state index contributed by atoms with van der Waals surface area (Å²) in [5.74, 6) is -1.05. The van der Waals surface area contributed by atoms with Crippen LogP contribution in [-0.2, 0) is 12.7 Å². The predicted octanol–water partition coefficient (Wildman–Crippen LogP) is 5.30. The van der Waals surface area contributed by atoms with E-state index in [1.54, 1.807) is 54.0 Å². The van der Waals surface area contributed by atoms with Gasteiger partial charge in [-0.3, -0.25) is 14.5 Å². The van der Waals surface area contributed by atoms with Gasteiger partial charge in [-0.2, -0.15) is 18.3 Å². The fourth-order valence-corrected chi connectivity index (χ4v) is 4.96. The molecule has 2 aromatic heterocycles. The lowest BCUT2D eigenvalue weighted by molar-refractivity contribution is -0.138. The largest absolute Gasteiger partial charge is 0.416 e. The summed E-state index contributed by atoms with van der Waals surface area (Å²) < 4.78 is 43.6. The molecular weight excluding hydrogens is 533 g/mol. The normalized spacial score (nSPS) is 14.8. The van der Waals surface area contributed by atoms with Crippen LogP contribution in [0.5, 0.6) is 0 Å². The Morgan fingerprint density at radius 2 is 1.68 bits per heavy atom. The summed E-state index contributed by atoms with van der Waals surface area (Å²) in [7, 11) is 0. The smallest absolute Gasteiger partial charge is 0.322 e. The van der Waals surface area contributed by atoms with Gasteiger partial charge >= 0.3 is 6.18 Å². The van der Waals surface area contributed by atoms with E-state index in [-0.39, 0.29) is 23.6 Å². The molecule has 4 aromatic rings. The number of nitrogens with one attached hydrogen (secondary N) is 2. The third kappa shape index (κ3) is 6.41. The van der Waals surface area contributed by atoms with Crippen LogP contribution in [0.1, 0.15) is 44.3 Å². The lowest BCUT2D eigenvalue weighted by Gasteiger charge is -2.34. The molecule has 2 amide bonds. The molecule has 1 saturated heterocycles. The van der Waals surface area contributed by atoms with Crippen molar-refractivity contribution in [1.82, 2.24) is 19.4 Å². The molecule has 2 aromatic carbocycles. The zero-order valence-electron chi connectivity index (χ0n) is 22.8. The molecule has 1 aliphatic rings. The molecule has 0 atom stereocenters. The van der Waals surface area contributed by atoms with Crippen molar-refractivity contribution in [2.75, 3.05) is 43.4 Å². The van der Waals surface area contributed by atoms with Gasteiger partial charge in [0.15, 0.2) is 0 Å². The average Bonchev–Trinajstić information content (AvgIpc) is 3.39. The maximum Gasteiger partial charge on any atom is 0.416 e. The van der Waals surface area contributed by atoms with Crippen LogP contribution < -0.4 is 10.6 Å². The van der Waals surface area contributed by atoms with Crippen molar-refractivity contribution >= 4 is 28.7 Å².